The van der Waals surface area contributed by atoms with Crippen LogP contribution in [0.2, 0.25) is 0 Å². The van der Waals surface area contributed by atoms with Gasteiger partial charge in [-0.25, -0.2) is 27.0 Å². The molecule has 2 aromatic rings. The van der Waals surface area contributed by atoms with Crippen molar-refractivity contribution >= 4 is 21.8 Å². The Morgan fingerprint density at radius 1 is 1.19 bits per heavy atom. The van der Waals surface area contributed by atoms with E-state index in [0.29, 0.717) is 12.1 Å². The number of sulfonamides is 1. The zero-order chi connectivity index (χ0) is 15.6. The number of halogens is 2. The standard InChI is InChI=1S/C12H8F2N2O4S/c13-8-1-2-9(14)10(6-8)21(19,20)16-11-5-7(12(17)18)3-4-15-11/h1-6H,(H,15,16)(H,17,18). The molecule has 0 radical (unpaired) electrons. The number of carboxylic acids is 1. The quantitative estimate of drug-likeness (QED) is 0.898. The Morgan fingerprint density at radius 3 is 2.57 bits per heavy atom. The first kappa shape index (κ1) is 14.9. The van der Waals surface area contributed by atoms with E-state index in [1.165, 1.54) is 0 Å². The second kappa shape index (κ2) is 5.44. The van der Waals surface area contributed by atoms with Gasteiger partial charge in [0, 0.05) is 6.20 Å². The van der Waals surface area contributed by atoms with E-state index in [2.05, 4.69) is 4.98 Å². The van der Waals surface area contributed by atoms with Crippen LogP contribution in [-0.4, -0.2) is 24.5 Å². The average Bonchev–Trinajstić information content (AvgIpc) is 2.41. The van der Waals surface area contributed by atoms with Gasteiger partial charge in [0.2, 0.25) is 0 Å². The number of rotatable bonds is 4. The van der Waals surface area contributed by atoms with Gasteiger partial charge in [0.15, 0.2) is 0 Å². The number of anilines is 1. The fourth-order valence-corrected chi connectivity index (χ4v) is 2.58. The zero-order valence-electron chi connectivity index (χ0n) is 10.2. The minimum absolute atomic E-state index is 0.206. The summed E-state index contributed by atoms with van der Waals surface area (Å²) in [7, 11) is -4.43. The largest absolute Gasteiger partial charge is 0.478 e. The summed E-state index contributed by atoms with van der Waals surface area (Å²) >= 11 is 0. The number of carbonyl (C=O) groups is 1. The molecule has 2 rings (SSSR count). The van der Waals surface area contributed by atoms with E-state index in [0.717, 1.165) is 24.4 Å². The number of aromatic carboxylic acids is 1. The van der Waals surface area contributed by atoms with Crippen molar-refractivity contribution in [1.29, 1.82) is 0 Å². The maximum atomic E-state index is 13.5. The van der Waals surface area contributed by atoms with Crippen molar-refractivity contribution in [2.24, 2.45) is 0 Å². The van der Waals surface area contributed by atoms with Gasteiger partial charge >= 0.3 is 5.97 Å². The summed E-state index contributed by atoms with van der Waals surface area (Å²) in [6, 6.07) is 4.07. The van der Waals surface area contributed by atoms with Crippen molar-refractivity contribution in [3.05, 3.63) is 53.7 Å². The molecule has 0 aliphatic carbocycles. The van der Waals surface area contributed by atoms with Crippen LogP contribution in [0.15, 0.2) is 41.4 Å². The average molecular weight is 314 g/mol. The molecule has 2 N–H and O–H groups in total. The fourth-order valence-electron chi connectivity index (χ4n) is 1.50. The maximum absolute atomic E-state index is 13.5. The Balaban J connectivity index is 2.40. The lowest BCUT2D eigenvalue weighted by Gasteiger charge is -2.08. The summed E-state index contributed by atoms with van der Waals surface area (Å²) in [5.41, 5.74) is -0.206. The highest BCUT2D eigenvalue weighted by Crippen LogP contribution is 2.19. The molecule has 1 aromatic carbocycles. The predicted molar refractivity (Wildman–Crippen MR) is 68.4 cm³/mol. The molecule has 0 saturated heterocycles. The first-order valence-corrected chi connectivity index (χ1v) is 6.95. The first-order chi connectivity index (χ1) is 9.79. The zero-order valence-corrected chi connectivity index (χ0v) is 11.1. The number of pyridine rings is 1. The normalized spacial score (nSPS) is 11.1. The highest BCUT2D eigenvalue weighted by molar-refractivity contribution is 7.92. The summed E-state index contributed by atoms with van der Waals surface area (Å²) in [6.45, 7) is 0. The van der Waals surface area contributed by atoms with Gasteiger partial charge in [-0.2, -0.15) is 0 Å². The molecule has 1 heterocycles. The van der Waals surface area contributed by atoms with Crippen LogP contribution < -0.4 is 4.72 Å². The Bertz CT molecular complexity index is 809. The topological polar surface area (TPSA) is 96.4 Å². The molecule has 21 heavy (non-hydrogen) atoms. The Kier molecular flexibility index (Phi) is 3.85. The second-order valence-corrected chi connectivity index (χ2v) is 5.57. The van der Waals surface area contributed by atoms with Crippen molar-refractivity contribution in [3.8, 4) is 0 Å². The molecule has 0 saturated carbocycles. The van der Waals surface area contributed by atoms with Crippen LogP contribution in [0.4, 0.5) is 14.6 Å². The molecule has 110 valence electrons. The molecular weight excluding hydrogens is 306 g/mol. The summed E-state index contributed by atoms with van der Waals surface area (Å²) in [4.78, 5) is 13.5. The van der Waals surface area contributed by atoms with Gasteiger partial charge < -0.3 is 5.11 Å². The molecule has 9 heteroatoms. The fraction of sp³-hybridized carbons (Fsp3) is 0. The van der Waals surface area contributed by atoms with Gasteiger partial charge in [-0.15, -0.1) is 0 Å². The molecule has 0 bridgehead atoms. The first-order valence-electron chi connectivity index (χ1n) is 5.47. The smallest absolute Gasteiger partial charge is 0.335 e. The van der Waals surface area contributed by atoms with Crippen molar-refractivity contribution in [2.75, 3.05) is 4.72 Å². The Hall–Kier alpha value is -2.55. The third-order valence-corrected chi connectivity index (χ3v) is 3.80. The molecular formula is C12H8F2N2O4S. The van der Waals surface area contributed by atoms with Crippen LogP contribution in [-0.2, 0) is 10.0 Å². The summed E-state index contributed by atoms with van der Waals surface area (Å²) < 4.78 is 52.3. The number of carboxylic acid groups (broad SMARTS) is 1. The van der Waals surface area contributed by atoms with Crippen LogP contribution in [0.25, 0.3) is 0 Å². The van der Waals surface area contributed by atoms with E-state index >= 15 is 0 Å². The lowest BCUT2D eigenvalue weighted by molar-refractivity contribution is 0.0696. The van der Waals surface area contributed by atoms with Crippen LogP contribution in [0.5, 0.6) is 0 Å². The third-order valence-electron chi connectivity index (χ3n) is 2.43. The SMILES string of the molecule is O=C(O)c1ccnc(NS(=O)(=O)c2cc(F)ccc2F)c1. The van der Waals surface area contributed by atoms with E-state index in [1.807, 2.05) is 4.72 Å². The van der Waals surface area contributed by atoms with E-state index < -0.39 is 32.5 Å². The van der Waals surface area contributed by atoms with Gasteiger partial charge in [0.1, 0.15) is 22.3 Å². The lowest BCUT2D eigenvalue weighted by Crippen LogP contribution is -2.16. The van der Waals surface area contributed by atoms with Crippen LogP contribution in [0.3, 0.4) is 0 Å². The Morgan fingerprint density at radius 2 is 1.90 bits per heavy atom. The molecule has 0 aliphatic rings. The monoisotopic (exact) mass is 314 g/mol. The number of benzene rings is 1. The van der Waals surface area contributed by atoms with E-state index in [-0.39, 0.29) is 11.4 Å². The van der Waals surface area contributed by atoms with Gasteiger partial charge in [0.05, 0.1) is 5.56 Å². The van der Waals surface area contributed by atoms with Crippen LogP contribution >= 0.6 is 0 Å². The highest BCUT2D eigenvalue weighted by atomic mass is 32.2. The molecule has 0 spiro atoms. The molecule has 6 nitrogen and oxygen atoms in total. The van der Waals surface area contributed by atoms with Gasteiger partial charge in [0.25, 0.3) is 10.0 Å². The molecule has 0 amide bonds. The number of nitrogens with zero attached hydrogens (tertiary/aromatic N) is 1. The number of nitrogens with one attached hydrogen (secondary N) is 1. The van der Waals surface area contributed by atoms with Crippen LogP contribution in [0.1, 0.15) is 10.4 Å². The summed E-state index contributed by atoms with van der Waals surface area (Å²) in [5, 5.41) is 8.79. The van der Waals surface area contributed by atoms with Gasteiger partial charge in [-0.3, -0.25) is 4.72 Å². The van der Waals surface area contributed by atoms with Gasteiger partial charge in [-0.1, -0.05) is 0 Å². The second-order valence-electron chi connectivity index (χ2n) is 3.92. The molecule has 0 fully saturated rings. The predicted octanol–water partition coefficient (Wildman–Crippen LogP) is 1.86. The number of aromatic nitrogens is 1. The molecule has 0 unspecified atom stereocenters. The molecule has 0 aliphatic heterocycles. The maximum Gasteiger partial charge on any atom is 0.335 e. The number of hydrogen-bond donors (Lipinski definition) is 2. The summed E-state index contributed by atoms with van der Waals surface area (Å²) in [5.74, 6) is -3.67. The number of hydrogen-bond acceptors (Lipinski definition) is 4. The minimum atomic E-state index is -4.43. The minimum Gasteiger partial charge on any atom is -0.478 e. The molecule has 0 atom stereocenters. The van der Waals surface area contributed by atoms with Crippen molar-refractivity contribution < 1.29 is 27.1 Å². The Labute approximate surface area is 118 Å². The van der Waals surface area contributed by atoms with Gasteiger partial charge in [-0.05, 0) is 30.3 Å². The van der Waals surface area contributed by atoms with Crippen LogP contribution in [0, 0.1) is 11.6 Å². The van der Waals surface area contributed by atoms with Crippen molar-refractivity contribution in [3.63, 3.8) is 0 Å². The molecule has 1 aromatic heterocycles. The van der Waals surface area contributed by atoms with E-state index in [4.69, 9.17) is 5.11 Å². The van der Waals surface area contributed by atoms with E-state index in [1.54, 1.807) is 0 Å². The highest BCUT2D eigenvalue weighted by Gasteiger charge is 2.21. The van der Waals surface area contributed by atoms with E-state index in [9.17, 15) is 22.0 Å². The van der Waals surface area contributed by atoms with Crippen molar-refractivity contribution in [1.82, 2.24) is 4.98 Å². The summed E-state index contributed by atoms with van der Waals surface area (Å²) in [6.07, 6.45) is 1.07. The lowest BCUT2D eigenvalue weighted by atomic mass is 10.3. The van der Waals surface area contributed by atoms with Crippen molar-refractivity contribution in [2.45, 2.75) is 4.90 Å². The third kappa shape index (κ3) is 3.31.